The molecule has 2 heterocycles. The first-order valence-corrected chi connectivity index (χ1v) is 5.97. The maximum absolute atomic E-state index is 12.0. The lowest BCUT2D eigenvalue weighted by Crippen LogP contribution is -2.21. The van der Waals surface area contributed by atoms with Crippen LogP contribution in [0.15, 0.2) is 29.5 Å². The van der Waals surface area contributed by atoms with Crippen molar-refractivity contribution < 1.29 is 0 Å². The summed E-state index contributed by atoms with van der Waals surface area (Å²) in [6.45, 7) is 2.75. The van der Waals surface area contributed by atoms with Crippen molar-refractivity contribution >= 4 is 5.52 Å². The van der Waals surface area contributed by atoms with Gasteiger partial charge in [0.1, 0.15) is 5.52 Å². The average molecular weight is 234 g/mol. The van der Waals surface area contributed by atoms with Gasteiger partial charge in [0.25, 0.3) is 5.56 Å². The molecular weight excluding hydrogens is 216 g/mol. The molecular formula is C12H18N4O. The van der Waals surface area contributed by atoms with Crippen LogP contribution >= 0.6 is 0 Å². The number of unbranched alkanes of at least 4 members (excludes halogenated alkanes) is 1. The smallest absolute Gasteiger partial charge is 0.276 e. The number of hydrogen-bond donors (Lipinski definition) is 1. The fraction of sp³-hybridized carbons (Fsp3) is 0.500. The van der Waals surface area contributed by atoms with Gasteiger partial charge < -0.3 is 10.3 Å². The molecule has 0 aliphatic carbocycles. The van der Waals surface area contributed by atoms with Crippen molar-refractivity contribution in [3.05, 3.63) is 35.0 Å². The topological polar surface area (TPSA) is 65.3 Å². The number of rotatable bonds is 5. The van der Waals surface area contributed by atoms with Crippen LogP contribution < -0.4 is 11.3 Å². The van der Waals surface area contributed by atoms with E-state index in [0.29, 0.717) is 5.52 Å². The van der Waals surface area contributed by atoms with Crippen molar-refractivity contribution in [1.82, 2.24) is 14.2 Å². The summed E-state index contributed by atoms with van der Waals surface area (Å²) < 4.78 is 3.33. The van der Waals surface area contributed by atoms with Crippen molar-refractivity contribution in [2.24, 2.45) is 5.73 Å². The molecule has 0 spiro atoms. The van der Waals surface area contributed by atoms with Crippen LogP contribution in [0.1, 0.15) is 26.2 Å². The zero-order valence-corrected chi connectivity index (χ0v) is 10.0. The maximum atomic E-state index is 12.0. The van der Waals surface area contributed by atoms with Gasteiger partial charge >= 0.3 is 0 Å². The third kappa shape index (κ3) is 2.74. The van der Waals surface area contributed by atoms with E-state index in [2.05, 4.69) is 5.10 Å². The Hall–Kier alpha value is -1.62. The molecule has 5 nitrogen and oxygen atoms in total. The summed E-state index contributed by atoms with van der Waals surface area (Å²) in [6, 6.07) is 1.98. The second-order valence-electron chi connectivity index (χ2n) is 4.43. The molecule has 0 bridgehead atoms. The zero-order valence-electron chi connectivity index (χ0n) is 10.0. The quantitative estimate of drug-likeness (QED) is 0.785. The first-order valence-electron chi connectivity index (χ1n) is 5.97. The van der Waals surface area contributed by atoms with Crippen molar-refractivity contribution in [1.29, 1.82) is 0 Å². The third-order valence-corrected chi connectivity index (χ3v) is 2.85. The fourth-order valence-corrected chi connectivity index (χ4v) is 1.89. The minimum atomic E-state index is 0.0193. The summed E-state index contributed by atoms with van der Waals surface area (Å²) in [7, 11) is 0. The van der Waals surface area contributed by atoms with E-state index >= 15 is 0 Å². The molecule has 0 amide bonds. The Bertz CT molecular complexity index is 541. The summed E-state index contributed by atoms with van der Waals surface area (Å²) in [4.78, 5) is 12.0. The molecule has 0 aliphatic rings. The molecule has 5 heteroatoms. The highest BCUT2D eigenvalue weighted by Gasteiger charge is 2.02. The second-order valence-corrected chi connectivity index (χ2v) is 4.43. The van der Waals surface area contributed by atoms with Gasteiger partial charge in [0, 0.05) is 25.0 Å². The minimum Gasteiger partial charge on any atom is -0.328 e. The molecule has 2 rings (SSSR count). The molecule has 2 aromatic rings. The number of aromatic nitrogens is 3. The number of nitrogens with two attached hydrogens (primary N) is 1. The highest BCUT2D eigenvalue weighted by atomic mass is 16.1. The number of nitrogens with zero attached hydrogens (tertiary/aromatic N) is 3. The van der Waals surface area contributed by atoms with Crippen molar-refractivity contribution in [3.63, 3.8) is 0 Å². The zero-order chi connectivity index (χ0) is 12.3. The van der Waals surface area contributed by atoms with E-state index in [1.807, 2.05) is 13.1 Å². The highest BCUT2D eigenvalue weighted by molar-refractivity contribution is 5.42. The molecule has 92 valence electrons. The molecule has 2 N–H and O–H groups in total. The van der Waals surface area contributed by atoms with Gasteiger partial charge in [-0.05, 0) is 25.8 Å². The Balaban J connectivity index is 2.04. The molecule has 0 aromatic carbocycles. The standard InChI is InChI=1S/C12H18N4O/c1-10(13)4-2-3-7-15-8-9-16-11(12(15)17)5-6-14-16/h5-6,8-10H,2-4,7,13H2,1H3. The van der Waals surface area contributed by atoms with Gasteiger partial charge in [-0.15, -0.1) is 0 Å². The van der Waals surface area contributed by atoms with Gasteiger partial charge in [-0.1, -0.05) is 6.42 Å². The van der Waals surface area contributed by atoms with Crippen molar-refractivity contribution in [2.75, 3.05) is 0 Å². The Labute approximate surface area is 99.9 Å². The molecule has 0 saturated carbocycles. The van der Waals surface area contributed by atoms with Crippen LogP contribution in [0.25, 0.3) is 5.52 Å². The van der Waals surface area contributed by atoms with E-state index in [-0.39, 0.29) is 11.6 Å². The number of fused-ring (bicyclic) bond motifs is 1. The van der Waals surface area contributed by atoms with E-state index in [1.165, 1.54) is 0 Å². The van der Waals surface area contributed by atoms with Gasteiger partial charge in [0.2, 0.25) is 0 Å². The fourth-order valence-electron chi connectivity index (χ4n) is 1.89. The minimum absolute atomic E-state index is 0.0193. The Morgan fingerprint density at radius 1 is 1.41 bits per heavy atom. The molecule has 2 aromatic heterocycles. The Kier molecular flexibility index (Phi) is 3.58. The SMILES string of the molecule is CC(N)CCCCn1ccn2nccc2c1=O. The van der Waals surface area contributed by atoms with Crippen molar-refractivity contribution in [2.45, 2.75) is 38.8 Å². The van der Waals surface area contributed by atoms with Gasteiger partial charge in [0.15, 0.2) is 0 Å². The monoisotopic (exact) mass is 234 g/mol. The second kappa shape index (κ2) is 5.14. The summed E-state index contributed by atoms with van der Waals surface area (Å²) in [5, 5.41) is 4.03. The molecule has 0 radical (unpaired) electrons. The number of aryl methyl sites for hydroxylation is 1. The first-order chi connectivity index (χ1) is 8.18. The van der Waals surface area contributed by atoms with Crippen LogP contribution in [-0.4, -0.2) is 20.2 Å². The number of hydrogen-bond acceptors (Lipinski definition) is 3. The maximum Gasteiger partial charge on any atom is 0.276 e. The van der Waals surface area contributed by atoms with Crippen LogP contribution in [0.2, 0.25) is 0 Å². The summed E-state index contributed by atoms with van der Waals surface area (Å²) in [5.74, 6) is 0. The third-order valence-electron chi connectivity index (χ3n) is 2.85. The lowest BCUT2D eigenvalue weighted by atomic mass is 10.1. The Morgan fingerprint density at radius 2 is 2.24 bits per heavy atom. The lowest BCUT2D eigenvalue weighted by Gasteiger charge is -2.07. The van der Waals surface area contributed by atoms with Crippen LogP contribution in [0.4, 0.5) is 0 Å². The summed E-state index contributed by atoms with van der Waals surface area (Å²) >= 11 is 0. The van der Waals surface area contributed by atoms with Gasteiger partial charge in [-0.2, -0.15) is 5.10 Å². The van der Waals surface area contributed by atoms with E-state index in [9.17, 15) is 4.79 Å². The largest absolute Gasteiger partial charge is 0.328 e. The van der Waals surface area contributed by atoms with Crippen LogP contribution in [0, 0.1) is 0 Å². The van der Waals surface area contributed by atoms with Crippen molar-refractivity contribution in [3.8, 4) is 0 Å². The van der Waals surface area contributed by atoms with Gasteiger partial charge in [-0.25, -0.2) is 4.52 Å². The predicted octanol–water partition coefficient (Wildman–Crippen LogP) is 1.01. The molecule has 0 saturated heterocycles. The molecule has 0 aliphatic heterocycles. The molecule has 0 fully saturated rings. The average Bonchev–Trinajstić information content (AvgIpc) is 2.75. The predicted molar refractivity (Wildman–Crippen MR) is 67.0 cm³/mol. The lowest BCUT2D eigenvalue weighted by molar-refractivity contribution is 0.540. The van der Waals surface area contributed by atoms with Crippen LogP contribution in [0.5, 0.6) is 0 Å². The molecule has 1 atom stereocenters. The Morgan fingerprint density at radius 3 is 3.00 bits per heavy atom. The van der Waals surface area contributed by atoms with Crippen LogP contribution in [0.3, 0.4) is 0 Å². The normalized spacial score (nSPS) is 13.1. The first kappa shape index (κ1) is 11.9. The molecule has 1 unspecified atom stereocenters. The summed E-state index contributed by atoms with van der Waals surface area (Å²) in [6.07, 6.45) is 8.26. The molecule has 17 heavy (non-hydrogen) atoms. The summed E-state index contributed by atoms with van der Waals surface area (Å²) in [5.41, 5.74) is 6.33. The highest BCUT2D eigenvalue weighted by Crippen LogP contribution is 2.01. The van der Waals surface area contributed by atoms with E-state index in [1.54, 1.807) is 27.5 Å². The van der Waals surface area contributed by atoms with Gasteiger partial charge in [0.05, 0.1) is 6.20 Å². The van der Waals surface area contributed by atoms with E-state index in [4.69, 9.17) is 5.73 Å². The van der Waals surface area contributed by atoms with E-state index in [0.717, 1.165) is 25.8 Å². The van der Waals surface area contributed by atoms with Gasteiger partial charge in [-0.3, -0.25) is 4.79 Å². The van der Waals surface area contributed by atoms with Crippen LogP contribution in [-0.2, 0) is 6.54 Å². The van der Waals surface area contributed by atoms with E-state index < -0.39 is 0 Å².